The number of carbonyl (C=O) groups is 1. The van der Waals surface area contributed by atoms with Crippen molar-refractivity contribution in [2.45, 2.75) is 83.7 Å². The quantitative estimate of drug-likeness (QED) is 0.514. The molecule has 3 heteroatoms. The van der Waals surface area contributed by atoms with Crippen LogP contribution in [0.3, 0.4) is 0 Å². The zero-order valence-corrected chi connectivity index (χ0v) is 11.2. The van der Waals surface area contributed by atoms with Crippen LogP contribution in [0.25, 0.3) is 0 Å². The molecule has 0 saturated heterocycles. The van der Waals surface area contributed by atoms with Gasteiger partial charge in [0.15, 0.2) is 0 Å². The highest BCUT2D eigenvalue weighted by Gasteiger charge is 1.97. The predicted molar refractivity (Wildman–Crippen MR) is 70.1 cm³/mol. The smallest absolute Gasteiger partial charge is 0.303 e. The minimum atomic E-state index is -0.678. The van der Waals surface area contributed by atoms with Crippen molar-refractivity contribution in [2.24, 2.45) is 0 Å². The maximum Gasteiger partial charge on any atom is 0.303 e. The molecule has 17 heavy (non-hydrogen) atoms. The number of unbranched alkanes of at least 4 members (excludes halogenated alkanes) is 8. The van der Waals surface area contributed by atoms with Crippen molar-refractivity contribution < 1.29 is 15.0 Å². The fourth-order valence-corrected chi connectivity index (χ4v) is 1.95. The Hall–Kier alpha value is -0.570. The predicted octanol–water partition coefficient (Wildman–Crippen LogP) is 3.74. The summed E-state index contributed by atoms with van der Waals surface area (Å²) in [5.41, 5.74) is 0. The Morgan fingerprint density at radius 1 is 0.882 bits per heavy atom. The molecule has 2 N–H and O–H groups in total. The van der Waals surface area contributed by atoms with E-state index in [1.165, 1.54) is 38.5 Å². The molecule has 0 aromatic heterocycles. The SMILES string of the molecule is C[C@@H](O)CCCCCCCCCCCC(=O)O. The second-order valence-electron chi connectivity index (χ2n) is 4.96. The van der Waals surface area contributed by atoms with E-state index in [2.05, 4.69) is 0 Å². The summed E-state index contributed by atoms with van der Waals surface area (Å²) in [5.74, 6) is -0.678. The standard InChI is InChI=1S/C14H28O3/c1-13(15)11-9-7-5-3-2-4-6-8-10-12-14(16)17/h13,15H,2-12H2,1H3,(H,16,17)/t13-/m1/s1. The minimum Gasteiger partial charge on any atom is -0.481 e. The maximum absolute atomic E-state index is 10.3. The van der Waals surface area contributed by atoms with Gasteiger partial charge in [0.25, 0.3) is 0 Å². The maximum atomic E-state index is 10.3. The molecule has 0 aliphatic rings. The topological polar surface area (TPSA) is 57.5 Å². The number of hydrogen-bond acceptors (Lipinski definition) is 2. The molecule has 0 amide bonds. The summed E-state index contributed by atoms with van der Waals surface area (Å²) in [5, 5.41) is 17.5. The minimum absolute atomic E-state index is 0.149. The summed E-state index contributed by atoms with van der Waals surface area (Å²) in [7, 11) is 0. The molecule has 0 bridgehead atoms. The highest BCUT2D eigenvalue weighted by molar-refractivity contribution is 5.66. The Kier molecular flexibility index (Phi) is 11.5. The fourth-order valence-electron chi connectivity index (χ4n) is 1.95. The first-order valence-electron chi connectivity index (χ1n) is 7.03. The van der Waals surface area contributed by atoms with Crippen molar-refractivity contribution in [3.05, 3.63) is 0 Å². The first-order valence-corrected chi connectivity index (χ1v) is 7.03. The molecule has 0 rings (SSSR count). The van der Waals surface area contributed by atoms with Crippen molar-refractivity contribution in [3.63, 3.8) is 0 Å². The van der Waals surface area contributed by atoms with Gasteiger partial charge in [-0.2, -0.15) is 0 Å². The Morgan fingerprint density at radius 2 is 1.29 bits per heavy atom. The van der Waals surface area contributed by atoms with Gasteiger partial charge in [-0.25, -0.2) is 0 Å². The van der Waals surface area contributed by atoms with E-state index in [9.17, 15) is 4.79 Å². The van der Waals surface area contributed by atoms with E-state index >= 15 is 0 Å². The van der Waals surface area contributed by atoms with Gasteiger partial charge in [0.2, 0.25) is 0 Å². The Balaban J connectivity index is 2.96. The average Bonchev–Trinajstić information content (AvgIpc) is 2.25. The number of rotatable bonds is 12. The van der Waals surface area contributed by atoms with E-state index in [-0.39, 0.29) is 6.10 Å². The van der Waals surface area contributed by atoms with E-state index in [1.54, 1.807) is 0 Å². The second-order valence-corrected chi connectivity index (χ2v) is 4.96. The third-order valence-electron chi connectivity index (χ3n) is 3.01. The van der Waals surface area contributed by atoms with Crippen LogP contribution in [-0.4, -0.2) is 22.3 Å². The van der Waals surface area contributed by atoms with Crippen molar-refractivity contribution in [1.29, 1.82) is 0 Å². The Morgan fingerprint density at radius 3 is 1.71 bits per heavy atom. The molecular formula is C14H28O3. The first-order chi connectivity index (χ1) is 8.13. The number of aliphatic carboxylic acids is 1. The molecule has 0 aromatic rings. The number of hydrogen-bond donors (Lipinski definition) is 2. The van der Waals surface area contributed by atoms with Crippen molar-refractivity contribution in [1.82, 2.24) is 0 Å². The molecule has 0 fully saturated rings. The van der Waals surface area contributed by atoms with E-state index in [1.807, 2.05) is 6.92 Å². The largest absolute Gasteiger partial charge is 0.481 e. The number of carboxylic acids is 1. The van der Waals surface area contributed by atoms with Crippen LogP contribution in [-0.2, 0) is 4.79 Å². The highest BCUT2D eigenvalue weighted by atomic mass is 16.4. The molecule has 0 aliphatic heterocycles. The molecule has 0 radical (unpaired) electrons. The molecule has 0 aliphatic carbocycles. The van der Waals surface area contributed by atoms with Gasteiger partial charge in [0.1, 0.15) is 0 Å². The molecule has 0 spiro atoms. The summed E-state index contributed by atoms with van der Waals surface area (Å²) in [4.78, 5) is 10.3. The zero-order valence-electron chi connectivity index (χ0n) is 11.2. The molecule has 0 saturated carbocycles. The summed E-state index contributed by atoms with van der Waals surface area (Å²) in [6, 6.07) is 0. The second kappa shape index (κ2) is 11.9. The Bertz CT molecular complexity index is 178. The zero-order chi connectivity index (χ0) is 12.9. The monoisotopic (exact) mass is 244 g/mol. The van der Waals surface area contributed by atoms with Crippen molar-refractivity contribution in [2.75, 3.05) is 0 Å². The third-order valence-corrected chi connectivity index (χ3v) is 3.01. The van der Waals surface area contributed by atoms with Crippen LogP contribution in [0.2, 0.25) is 0 Å². The lowest BCUT2D eigenvalue weighted by Crippen LogP contribution is -1.98. The fraction of sp³-hybridized carbons (Fsp3) is 0.929. The summed E-state index contributed by atoms with van der Waals surface area (Å²) in [6.45, 7) is 1.84. The van der Waals surface area contributed by atoms with Crippen LogP contribution in [0.1, 0.15) is 77.6 Å². The van der Waals surface area contributed by atoms with Gasteiger partial charge in [-0.15, -0.1) is 0 Å². The van der Waals surface area contributed by atoms with E-state index < -0.39 is 5.97 Å². The summed E-state index contributed by atoms with van der Waals surface area (Å²) >= 11 is 0. The van der Waals surface area contributed by atoms with Gasteiger partial charge in [0, 0.05) is 6.42 Å². The molecule has 0 heterocycles. The molecule has 3 nitrogen and oxygen atoms in total. The number of carboxylic acid groups (broad SMARTS) is 1. The lowest BCUT2D eigenvalue weighted by Gasteiger charge is -2.04. The van der Waals surface area contributed by atoms with Crippen LogP contribution >= 0.6 is 0 Å². The van der Waals surface area contributed by atoms with E-state index in [0.717, 1.165) is 25.7 Å². The molecule has 0 aromatic carbocycles. The molecular weight excluding hydrogens is 216 g/mol. The highest BCUT2D eigenvalue weighted by Crippen LogP contribution is 2.11. The summed E-state index contributed by atoms with van der Waals surface area (Å²) < 4.78 is 0. The summed E-state index contributed by atoms with van der Waals surface area (Å²) in [6.07, 6.45) is 11.5. The van der Waals surface area contributed by atoms with Crippen LogP contribution in [0.15, 0.2) is 0 Å². The average molecular weight is 244 g/mol. The molecule has 0 unspecified atom stereocenters. The number of aliphatic hydroxyl groups excluding tert-OH is 1. The normalized spacial score (nSPS) is 12.6. The van der Waals surface area contributed by atoms with Gasteiger partial charge < -0.3 is 10.2 Å². The van der Waals surface area contributed by atoms with Crippen LogP contribution in [0.5, 0.6) is 0 Å². The van der Waals surface area contributed by atoms with Gasteiger partial charge in [-0.05, 0) is 19.8 Å². The number of aliphatic hydroxyl groups is 1. The van der Waals surface area contributed by atoms with Crippen LogP contribution in [0, 0.1) is 0 Å². The van der Waals surface area contributed by atoms with Gasteiger partial charge >= 0.3 is 5.97 Å². The van der Waals surface area contributed by atoms with E-state index in [4.69, 9.17) is 10.2 Å². The molecule has 1 atom stereocenters. The third kappa shape index (κ3) is 15.4. The van der Waals surface area contributed by atoms with Gasteiger partial charge in [-0.1, -0.05) is 51.4 Å². The van der Waals surface area contributed by atoms with Crippen molar-refractivity contribution in [3.8, 4) is 0 Å². The lowest BCUT2D eigenvalue weighted by molar-refractivity contribution is -0.137. The van der Waals surface area contributed by atoms with E-state index in [0.29, 0.717) is 6.42 Å². The lowest BCUT2D eigenvalue weighted by atomic mass is 10.0. The van der Waals surface area contributed by atoms with Crippen LogP contribution < -0.4 is 0 Å². The van der Waals surface area contributed by atoms with Gasteiger partial charge in [0.05, 0.1) is 6.10 Å². The molecule has 102 valence electrons. The van der Waals surface area contributed by atoms with Crippen molar-refractivity contribution >= 4 is 5.97 Å². The van der Waals surface area contributed by atoms with Crippen LogP contribution in [0.4, 0.5) is 0 Å². The first kappa shape index (κ1) is 16.4. The van der Waals surface area contributed by atoms with Gasteiger partial charge in [-0.3, -0.25) is 4.79 Å². The Labute approximate surface area is 105 Å².